The fourth-order valence-corrected chi connectivity index (χ4v) is 1.80. The zero-order valence-electron chi connectivity index (χ0n) is 8.42. The predicted octanol–water partition coefficient (Wildman–Crippen LogP) is 3.46. The van der Waals surface area contributed by atoms with Gasteiger partial charge < -0.3 is 10.2 Å². The van der Waals surface area contributed by atoms with Crippen molar-refractivity contribution in [2.45, 2.75) is 0 Å². The third kappa shape index (κ3) is 1.72. The number of nitrogens with one attached hydrogen (secondary N) is 1. The molecule has 0 saturated carbocycles. The zero-order chi connectivity index (χ0) is 11.4. The summed E-state index contributed by atoms with van der Waals surface area (Å²) in [5.41, 5.74) is 2.42. The van der Waals surface area contributed by atoms with Crippen LogP contribution in [0.4, 0.5) is 0 Å². The minimum Gasteiger partial charge on any atom is -0.379 e. The largest absolute Gasteiger partial charge is 0.379 e. The molecule has 0 aliphatic carbocycles. The molecule has 4 heteroatoms. The van der Waals surface area contributed by atoms with Crippen LogP contribution < -0.4 is 0 Å². The van der Waals surface area contributed by atoms with Gasteiger partial charge in [-0.2, -0.15) is 0 Å². The summed E-state index contributed by atoms with van der Waals surface area (Å²) in [4.78, 5) is 11.5. The summed E-state index contributed by atoms with van der Waals surface area (Å²) in [6.07, 6.45) is 0. The van der Waals surface area contributed by atoms with Gasteiger partial charge in [-0.15, -0.1) is 4.91 Å². The van der Waals surface area contributed by atoms with Crippen LogP contribution in [0.2, 0.25) is 0 Å². The third-order valence-corrected chi connectivity index (χ3v) is 2.41. The van der Waals surface area contributed by atoms with Crippen molar-refractivity contribution >= 4 is 21.8 Å². The number of hydrogen-bond donors (Lipinski definition) is 2. The SMILES string of the molecule is O=NO.c1ccc2c(c1)[nH]c1ccccc12. The van der Waals surface area contributed by atoms with Gasteiger partial charge in [-0.3, -0.25) is 0 Å². The highest BCUT2D eigenvalue weighted by molar-refractivity contribution is 6.06. The van der Waals surface area contributed by atoms with Crippen molar-refractivity contribution in [1.29, 1.82) is 0 Å². The lowest BCUT2D eigenvalue weighted by atomic mass is 10.2. The van der Waals surface area contributed by atoms with E-state index in [4.69, 9.17) is 10.1 Å². The molecule has 0 aliphatic heterocycles. The molecular formula is C12H10N2O2. The van der Waals surface area contributed by atoms with Crippen molar-refractivity contribution in [3.63, 3.8) is 0 Å². The van der Waals surface area contributed by atoms with E-state index < -0.39 is 0 Å². The lowest BCUT2D eigenvalue weighted by Crippen LogP contribution is -1.62. The van der Waals surface area contributed by atoms with Crippen LogP contribution in [0.25, 0.3) is 21.8 Å². The molecular weight excluding hydrogens is 204 g/mol. The van der Waals surface area contributed by atoms with E-state index in [0.29, 0.717) is 0 Å². The second-order valence-electron chi connectivity index (χ2n) is 3.30. The Bertz CT molecular complexity index is 566. The zero-order valence-corrected chi connectivity index (χ0v) is 8.42. The number of nitrogens with zero attached hydrogens (tertiary/aromatic N) is 1. The van der Waals surface area contributed by atoms with Gasteiger partial charge in [0.1, 0.15) is 0 Å². The number of para-hydroxylation sites is 2. The highest BCUT2D eigenvalue weighted by Gasteiger charge is 2.00. The van der Waals surface area contributed by atoms with Crippen LogP contribution in [0, 0.1) is 4.91 Å². The number of aromatic nitrogens is 1. The van der Waals surface area contributed by atoms with Crippen LogP contribution in [0.1, 0.15) is 0 Å². The van der Waals surface area contributed by atoms with Gasteiger partial charge in [-0.25, -0.2) is 0 Å². The first-order valence-corrected chi connectivity index (χ1v) is 4.79. The third-order valence-electron chi connectivity index (χ3n) is 2.41. The lowest BCUT2D eigenvalue weighted by molar-refractivity contribution is 0.312. The Morgan fingerprint density at radius 3 is 1.69 bits per heavy atom. The van der Waals surface area contributed by atoms with Gasteiger partial charge in [-0.1, -0.05) is 36.4 Å². The van der Waals surface area contributed by atoms with E-state index in [1.165, 1.54) is 27.1 Å². The summed E-state index contributed by atoms with van der Waals surface area (Å²) in [7, 11) is 0. The Morgan fingerprint density at radius 2 is 1.25 bits per heavy atom. The standard InChI is InChI=1S/C12H9N.HNO2/c1-3-7-11-9(5-1)10-6-2-4-8-12(10)13-11;2-1-3/h1-8,13H;(H,2,3). The normalized spacial score (nSPS) is 9.75. The van der Waals surface area contributed by atoms with Crippen LogP contribution >= 0.6 is 0 Å². The number of aromatic amines is 1. The number of hydrogen-bond acceptors (Lipinski definition) is 2. The molecule has 0 saturated heterocycles. The van der Waals surface area contributed by atoms with Crippen LogP contribution in [0.5, 0.6) is 0 Å². The molecule has 2 aromatic carbocycles. The summed E-state index contributed by atoms with van der Waals surface area (Å²) in [5, 5.41) is 10.5. The van der Waals surface area contributed by atoms with E-state index in [0.717, 1.165) is 0 Å². The van der Waals surface area contributed by atoms with Crippen molar-refractivity contribution in [3.05, 3.63) is 53.4 Å². The fourth-order valence-electron chi connectivity index (χ4n) is 1.80. The highest BCUT2D eigenvalue weighted by Crippen LogP contribution is 2.24. The molecule has 0 fully saturated rings. The maximum atomic E-state index is 8.11. The Kier molecular flexibility index (Phi) is 2.82. The molecule has 0 unspecified atom stereocenters. The van der Waals surface area contributed by atoms with Crippen molar-refractivity contribution in [2.24, 2.45) is 5.34 Å². The molecule has 0 amide bonds. The Hall–Kier alpha value is -2.36. The molecule has 0 bridgehead atoms. The highest BCUT2D eigenvalue weighted by atomic mass is 16.6. The van der Waals surface area contributed by atoms with E-state index in [1.807, 2.05) is 0 Å². The molecule has 3 rings (SSSR count). The molecule has 0 spiro atoms. The molecule has 0 radical (unpaired) electrons. The maximum Gasteiger partial charge on any atom is 0.152 e. The van der Waals surface area contributed by atoms with Crippen LogP contribution in [0.3, 0.4) is 0 Å². The molecule has 3 aromatic rings. The summed E-state index contributed by atoms with van der Waals surface area (Å²) in [6, 6.07) is 16.8. The fraction of sp³-hybridized carbons (Fsp3) is 0. The van der Waals surface area contributed by atoms with Crippen molar-refractivity contribution in [2.75, 3.05) is 0 Å². The number of H-pyrrole nitrogens is 1. The first-order valence-electron chi connectivity index (χ1n) is 4.79. The maximum absolute atomic E-state index is 8.11. The minimum atomic E-state index is 1.21. The molecule has 80 valence electrons. The van der Waals surface area contributed by atoms with Gasteiger partial charge in [0, 0.05) is 21.8 Å². The van der Waals surface area contributed by atoms with Gasteiger partial charge in [0.15, 0.2) is 5.34 Å². The van der Waals surface area contributed by atoms with E-state index in [2.05, 4.69) is 53.5 Å². The summed E-state index contributed by atoms with van der Waals surface area (Å²) < 4.78 is 0. The summed E-state index contributed by atoms with van der Waals surface area (Å²) >= 11 is 0. The molecule has 0 aliphatic rings. The topological polar surface area (TPSA) is 65.4 Å². The van der Waals surface area contributed by atoms with Crippen molar-refractivity contribution in [3.8, 4) is 0 Å². The van der Waals surface area contributed by atoms with E-state index in [9.17, 15) is 0 Å². The van der Waals surface area contributed by atoms with Gasteiger partial charge in [0.05, 0.1) is 0 Å². The first kappa shape index (κ1) is 10.2. The smallest absolute Gasteiger partial charge is 0.152 e. The van der Waals surface area contributed by atoms with Crippen molar-refractivity contribution in [1.82, 2.24) is 4.98 Å². The second kappa shape index (κ2) is 4.44. The monoisotopic (exact) mass is 214 g/mol. The lowest BCUT2D eigenvalue weighted by Gasteiger charge is -1.87. The van der Waals surface area contributed by atoms with Gasteiger partial charge >= 0.3 is 0 Å². The molecule has 0 atom stereocenters. The minimum absolute atomic E-state index is 1.21. The Labute approximate surface area is 91.5 Å². The summed E-state index contributed by atoms with van der Waals surface area (Å²) in [6.45, 7) is 0. The van der Waals surface area contributed by atoms with Crippen LogP contribution in [-0.4, -0.2) is 10.2 Å². The second-order valence-corrected chi connectivity index (χ2v) is 3.30. The van der Waals surface area contributed by atoms with Crippen LogP contribution in [-0.2, 0) is 0 Å². The molecule has 1 heterocycles. The molecule has 2 N–H and O–H groups in total. The van der Waals surface area contributed by atoms with Gasteiger partial charge in [0.25, 0.3) is 0 Å². The Morgan fingerprint density at radius 1 is 0.875 bits per heavy atom. The number of benzene rings is 2. The number of rotatable bonds is 0. The first-order chi connectivity index (χ1) is 7.86. The molecule has 4 nitrogen and oxygen atoms in total. The molecule has 16 heavy (non-hydrogen) atoms. The van der Waals surface area contributed by atoms with Gasteiger partial charge in [0.2, 0.25) is 0 Å². The van der Waals surface area contributed by atoms with E-state index >= 15 is 0 Å². The van der Waals surface area contributed by atoms with E-state index in [1.54, 1.807) is 0 Å². The van der Waals surface area contributed by atoms with Crippen molar-refractivity contribution < 1.29 is 5.21 Å². The Balaban J connectivity index is 0.000000292. The molecule has 1 aromatic heterocycles. The summed E-state index contributed by atoms with van der Waals surface area (Å²) in [5.74, 6) is 0. The van der Waals surface area contributed by atoms with Crippen LogP contribution in [0.15, 0.2) is 53.9 Å². The predicted molar refractivity (Wildman–Crippen MR) is 63.4 cm³/mol. The average molecular weight is 214 g/mol. The van der Waals surface area contributed by atoms with E-state index in [-0.39, 0.29) is 0 Å². The number of fused-ring (bicyclic) bond motifs is 3. The van der Waals surface area contributed by atoms with Gasteiger partial charge in [-0.05, 0) is 12.1 Å². The average Bonchev–Trinajstić information content (AvgIpc) is 2.68. The quantitative estimate of drug-likeness (QED) is 0.444.